The van der Waals surface area contributed by atoms with E-state index in [-0.39, 0.29) is 39.7 Å². The molecule has 45 heavy (non-hydrogen) atoms. The van der Waals surface area contributed by atoms with Crippen molar-refractivity contribution in [3.05, 3.63) is 11.6 Å². The van der Waals surface area contributed by atoms with Crippen molar-refractivity contribution in [3.63, 3.8) is 0 Å². The van der Waals surface area contributed by atoms with Gasteiger partial charge in [-0.3, -0.25) is 9.59 Å². The van der Waals surface area contributed by atoms with E-state index in [9.17, 15) is 14.7 Å². The molecule has 4 saturated carbocycles. The molecule has 0 aromatic carbocycles. The van der Waals surface area contributed by atoms with Crippen LogP contribution in [0.2, 0.25) is 0 Å². The third kappa shape index (κ3) is 5.65. The number of carboxylic acids is 1. The first-order chi connectivity index (χ1) is 21.2. The van der Waals surface area contributed by atoms with Crippen LogP contribution >= 0.6 is 0 Å². The van der Waals surface area contributed by atoms with Gasteiger partial charge >= 0.3 is 11.9 Å². The Kier molecular flexibility index (Phi) is 10.0. The lowest BCUT2D eigenvalue weighted by Crippen LogP contribution is -2.65. The molecule has 256 valence electrons. The van der Waals surface area contributed by atoms with Crippen molar-refractivity contribution in [2.24, 2.45) is 56.7 Å². The zero-order valence-electron chi connectivity index (χ0n) is 30.2. The van der Waals surface area contributed by atoms with Gasteiger partial charge in [-0.1, -0.05) is 99.1 Å². The number of nitrogens with one attached hydrogen (secondary N) is 1. The minimum atomic E-state index is -0.588. The predicted octanol–water partition coefficient (Wildman–Crippen LogP) is 9.59. The molecule has 5 rings (SSSR count). The average molecular weight is 626 g/mol. The Bertz CT molecular complexity index is 1130. The van der Waals surface area contributed by atoms with Crippen LogP contribution in [0.4, 0.5) is 0 Å². The number of rotatable bonds is 11. The maximum atomic E-state index is 13.0. The third-order valence-corrected chi connectivity index (χ3v) is 15.6. The van der Waals surface area contributed by atoms with Gasteiger partial charge in [0.2, 0.25) is 0 Å². The molecular formula is C40H67NO4. The quantitative estimate of drug-likeness (QED) is 0.136. The zero-order valence-corrected chi connectivity index (χ0v) is 30.2. The lowest BCUT2D eigenvalue weighted by Gasteiger charge is -2.71. The van der Waals surface area contributed by atoms with Gasteiger partial charge in [0.1, 0.15) is 6.10 Å². The second-order valence-corrected chi connectivity index (χ2v) is 17.9. The van der Waals surface area contributed by atoms with Crippen molar-refractivity contribution >= 4 is 11.9 Å². The first-order valence-electron chi connectivity index (χ1n) is 19.0. The summed E-state index contributed by atoms with van der Waals surface area (Å²) in [7, 11) is 0. The van der Waals surface area contributed by atoms with Crippen LogP contribution in [0.3, 0.4) is 0 Å². The highest BCUT2D eigenvalue weighted by Gasteiger charge is 2.69. The summed E-state index contributed by atoms with van der Waals surface area (Å²) in [6, 6.07) is 0. The van der Waals surface area contributed by atoms with Crippen LogP contribution in [0.1, 0.15) is 152 Å². The molecule has 0 amide bonds. The number of allylic oxidation sites excluding steroid dienone is 2. The topological polar surface area (TPSA) is 75.6 Å². The summed E-state index contributed by atoms with van der Waals surface area (Å²) >= 11 is 0. The van der Waals surface area contributed by atoms with Gasteiger partial charge in [0.05, 0.1) is 12.0 Å². The van der Waals surface area contributed by atoms with Gasteiger partial charge in [-0.15, -0.1) is 0 Å². The molecule has 10 atom stereocenters. The predicted molar refractivity (Wildman–Crippen MR) is 183 cm³/mol. The first kappa shape index (κ1) is 35.0. The molecule has 0 aromatic rings. The molecule has 5 nitrogen and oxygen atoms in total. The number of carbonyl (C=O) groups is 2. The number of hydrogen-bond donors (Lipinski definition) is 2. The number of ether oxygens (including phenoxy) is 1. The minimum absolute atomic E-state index is 0.0357. The largest absolute Gasteiger partial charge is 0.481 e. The van der Waals surface area contributed by atoms with E-state index in [1.165, 1.54) is 44.1 Å². The van der Waals surface area contributed by atoms with Gasteiger partial charge in [0, 0.05) is 5.41 Å². The molecule has 0 aliphatic heterocycles. The SMILES string of the molecule is CCCCCCCCNCC(=O)O[C@H]1CC[C@]2(C)[C@H]3CC=C4[C@@H]5[C@@H](C)[C@H](C)CC[C@]5(C(=O)O)CC[C@@]4(C)[C@]3(C)CC[C@H]2C1(C)C. The van der Waals surface area contributed by atoms with E-state index in [0.29, 0.717) is 30.2 Å². The van der Waals surface area contributed by atoms with E-state index < -0.39 is 11.4 Å². The number of carboxylic acid groups (broad SMARTS) is 1. The molecule has 5 aliphatic carbocycles. The fourth-order valence-electron chi connectivity index (χ4n) is 12.5. The van der Waals surface area contributed by atoms with Crippen molar-refractivity contribution in [2.45, 2.75) is 158 Å². The molecule has 5 aliphatic rings. The van der Waals surface area contributed by atoms with E-state index >= 15 is 0 Å². The summed E-state index contributed by atoms with van der Waals surface area (Å²) in [5.41, 5.74) is 1.20. The summed E-state index contributed by atoms with van der Waals surface area (Å²) in [4.78, 5) is 26.0. The van der Waals surface area contributed by atoms with Gasteiger partial charge in [-0.2, -0.15) is 0 Å². The van der Waals surface area contributed by atoms with E-state index in [0.717, 1.165) is 64.3 Å². The Morgan fingerprint density at radius 1 is 0.889 bits per heavy atom. The number of esters is 1. The summed E-state index contributed by atoms with van der Waals surface area (Å²) in [5, 5.41) is 14.0. The summed E-state index contributed by atoms with van der Waals surface area (Å²) in [6.45, 7) is 20.6. The maximum absolute atomic E-state index is 13.0. The Morgan fingerprint density at radius 3 is 2.31 bits per heavy atom. The van der Waals surface area contributed by atoms with Crippen molar-refractivity contribution in [3.8, 4) is 0 Å². The number of carbonyl (C=O) groups excluding carboxylic acids is 1. The van der Waals surface area contributed by atoms with Crippen molar-refractivity contribution < 1.29 is 19.4 Å². The lowest BCUT2D eigenvalue weighted by atomic mass is 9.33. The van der Waals surface area contributed by atoms with Crippen molar-refractivity contribution in [1.82, 2.24) is 5.32 Å². The van der Waals surface area contributed by atoms with Crippen LogP contribution in [0.5, 0.6) is 0 Å². The molecule has 0 spiro atoms. The standard InChI is InChI=1S/C40H67NO4/c1-9-10-11-12-13-14-25-41-26-33(42)45-32-19-20-37(6)30(36(32,4)5)18-21-39(8)31(37)16-15-29-34-28(3)27(2)17-22-40(34,35(43)44)24-23-38(29,39)7/h15,27-28,30-32,34,41H,9-14,16-26H2,1-8H3,(H,43,44)/t27-,28+,30+,31-,32+,34+,37+,38-,39-,40+/m1/s1. The van der Waals surface area contributed by atoms with Crippen LogP contribution in [0.15, 0.2) is 11.6 Å². The second-order valence-electron chi connectivity index (χ2n) is 17.9. The van der Waals surface area contributed by atoms with Crippen molar-refractivity contribution in [1.29, 1.82) is 0 Å². The number of hydrogen-bond acceptors (Lipinski definition) is 4. The smallest absolute Gasteiger partial charge is 0.320 e. The molecule has 5 heteroatoms. The van der Waals surface area contributed by atoms with Gasteiger partial charge in [-0.05, 0) is 117 Å². The Labute approximate surface area is 275 Å². The fourth-order valence-corrected chi connectivity index (χ4v) is 12.5. The normalized spacial score (nSPS) is 43.6. The Hall–Kier alpha value is -1.36. The average Bonchev–Trinajstić information content (AvgIpc) is 2.98. The van der Waals surface area contributed by atoms with Crippen LogP contribution in [-0.2, 0) is 14.3 Å². The Morgan fingerprint density at radius 2 is 1.60 bits per heavy atom. The summed E-state index contributed by atoms with van der Waals surface area (Å²) in [6.07, 6.45) is 19.2. The fraction of sp³-hybridized carbons (Fsp3) is 0.900. The molecule has 4 fully saturated rings. The highest BCUT2D eigenvalue weighted by Crippen LogP contribution is 2.75. The molecular weight excluding hydrogens is 558 g/mol. The number of aliphatic carboxylic acids is 1. The highest BCUT2D eigenvalue weighted by molar-refractivity contribution is 5.76. The lowest BCUT2D eigenvalue weighted by molar-refractivity contribution is -0.214. The van der Waals surface area contributed by atoms with Crippen LogP contribution in [-0.4, -0.2) is 36.2 Å². The highest BCUT2D eigenvalue weighted by atomic mass is 16.5. The van der Waals surface area contributed by atoms with Gasteiger partial charge < -0.3 is 15.2 Å². The molecule has 0 bridgehead atoms. The minimum Gasteiger partial charge on any atom is -0.481 e. The first-order valence-corrected chi connectivity index (χ1v) is 19.0. The van der Waals surface area contributed by atoms with Crippen LogP contribution < -0.4 is 5.32 Å². The second kappa shape index (κ2) is 12.9. The third-order valence-electron chi connectivity index (χ3n) is 15.6. The number of fused-ring (bicyclic) bond motifs is 7. The summed E-state index contributed by atoms with van der Waals surface area (Å²) in [5.74, 6) is 1.53. The summed E-state index contributed by atoms with van der Waals surface area (Å²) < 4.78 is 6.27. The van der Waals surface area contributed by atoms with E-state index in [1.54, 1.807) is 0 Å². The van der Waals surface area contributed by atoms with Gasteiger partial charge in [-0.25, -0.2) is 0 Å². The molecule has 0 unspecified atom stereocenters. The Balaban J connectivity index is 1.30. The van der Waals surface area contributed by atoms with E-state index in [4.69, 9.17) is 4.74 Å². The van der Waals surface area contributed by atoms with Crippen LogP contribution in [0, 0.1) is 56.7 Å². The maximum Gasteiger partial charge on any atom is 0.320 e. The molecule has 0 aromatic heterocycles. The molecule has 0 heterocycles. The molecule has 0 radical (unpaired) electrons. The van der Waals surface area contributed by atoms with Gasteiger partial charge in [0.25, 0.3) is 0 Å². The number of unbranched alkanes of at least 4 members (excludes halogenated alkanes) is 5. The van der Waals surface area contributed by atoms with E-state index in [2.05, 4.69) is 66.8 Å². The zero-order chi connectivity index (χ0) is 32.8. The van der Waals surface area contributed by atoms with Crippen LogP contribution in [0.25, 0.3) is 0 Å². The van der Waals surface area contributed by atoms with E-state index in [1.807, 2.05) is 0 Å². The van der Waals surface area contributed by atoms with Crippen molar-refractivity contribution in [2.75, 3.05) is 13.1 Å². The molecule has 0 saturated heterocycles. The van der Waals surface area contributed by atoms with Gasteiger partial charge in [0.15, 0.2) is 0 Å². The molecule has 2 N–H and O–H groups in total. The monoisotopic (exact) mass is 626 g/mol.